The number of hydrogen-bond acceptors (Lipinski definition) is 5. The zero-order valence-corrected chi connectivity index (χ0v) is 15.8. The Morgan fingerprint density at radius 2 is 2.04 bits per heavy atom. The number of carbonyl (C=O) groups is 1. The molecule has 1 aromatic heterocycles. The Bertz CT molecular complexity index is 491. The molecule has 0 aromatic carbocycles. The number of rotatable bonds is 9. The van der Waals surface area contributed by atoms with Gasteiger partial charge in [-0.25, -0.2) is 0 Å². The fraction of sp³-hybridized carbons (Fsp3) is 0.500. The van der Waals surface area contributed by atoms with Gasteiger partial charge in [0.25, 0.3) is 0 Å². The van der Waals surface area contributed by atoms with Crippen molar-refractivity contribution in [2.24, 2.45) is 0 Å². The van der Waals surface area contributed by atoms with Gasteiger partial charge >= 0.3 is 0 Å². The van der Waals surface area contributed by atoms with Gasteiger partial charge in [0.05, 0.1) is 9.88 Å². The summed E-state index contributed by atoms with van der Waals surface area (Å²) in [5, 5.41) is 4.33. The van der Waals surface area contributed by atoms with Crippen LogP contribution >= 0.6 is 11.3 Å². The van der Waals surface area contributed by atoms with E-state index in [0.29, 0.717) is 6.61 Å². The molecule has 1 aromatic rings. The molecule has 0 bridgehead atoms. The van der Waals surface area contributed by atoms with Crippen LogP contribution in [0.3, 0.4) is 0 Å². The Kier molecular flexibility index (Phi) is 12.0. The van der Waals surface area contributed by atoms with E-state index in [9.17, 15) is 0 Å². The summed E-state index contributed by atoms with van der Waals surface area (Å²) in [5.41, 5.74) is 1.23. The lowest BCUT2D eigenvalue weighted by atomic mass is 10.2. The van der Waals surface area contributed by atoms with Gasteiger partial charge in [-0.1, -0.05) is 26.5 Å². The molecule has 1 N–H and O–H groups in total. The van der Waals surface area contributed by atoms with Gasteiger partial charge in [-0.15, -0.1) is 11.3 Å². The van der Waals surface area contributed by atoms with Crippen molar-refractivity contribution in [3.05, 3.63) is 35.2 Å². The van der Waals surface area contributed by atoms with Crippen molar-refractivity contribution < 1.29 is 9.53 Å². The summed E-state index contributed by atoms with van der Waals surface area (Å²) in [4.78, 5) is 12.3. The maximum atomic E-state index is 8.81. The second kappa shape index (κ2) is 12.9. The van der Waals surface area contributed by atoms with Gasteiger partial charge in [0.1, 0.15) is 18.7 Å². The van der Waals surface area contributed by atoms with Gasteiger partial charge in [0.2, 0.25) is 0 Å². The van der Waals surface area contributed by atoms with Crippen molar-refractivity contribution in [3.8, 4) is 0 Å². The summed E-state index contributed by atoms with van der Waals surface area (Å²) in [6.45, 7) is 15.4. The largest absolute Gasteiger partial charge is 0.491 e. The number of anilines is 1. The summed E-state index contributed by atoms with van der Waals surface area (Å²) < 4.78 is 5.97. The molecular weight excluding hydrogens is 308 g/mol. The molecule has 0 fully saturated rings. The van der Waals surface area contributed by atoms with Crippen LogP contribution < -0.4 is 5.32 Å². The van der Waals surface area contributed by atoms with Crippen molar-refractivity contribution >= 4 is 28.4 Å². The van der Waals surface area contributed by atoms with Crippen molar-refractivity contribution in [2.45, 2.75) is 27.7 Å². The molecule has 0 amide bonds. The smallest absolute Gasteiger partial charge is 0.136 e. The van der Waals surface area contributed by atoms with Gasteiger partial charge < -0.3 is 19.7 Å². The summed E-state index contributed by atoms with van der Waals surface area (Å²) in [7, 11) is 1.94. The number of nitrogens with one attached hydrogen (secondary N) is 1. The Morgan fingerprint density at radius 1 is 1.43 bits per heavy atom. The van der Waals surface area contributed by atoms with Crippen LogP contribution in [-0.4, -0.2) is 44.5 Å². The first-order chi connectivity index (χ1) is 11.1. The Hall–Kier alpha value is -1.59. The lowest BCUT2D eigenvalue weighted by molar-refractivity contribution is -0.106. The summed E-state index contributed by atoms with van der Waals surface area (Å²) in [6, 6.07) is 2.14. The fourth-order valence-corrected chi connectivity index (χ4v) is 2.98. The van der Waals surface area contributed by atoms with E-state index in [-0.39, 0.29) is 0 Å². The topological polar surface area (TPSA) is 41.6 Å². The monoisotopic (exact) mass is 338 g/mol. The summed E-state index contributed by atoms with van der Waals surface area (Å²) in [5.74, 6) is 0.913. The molecular formula is C18H30N2O2S. The molecule has 130 valence electrons. The van der Waals surface area contributed by atoms with Crippen LogP contribution in [0.15, 0.2) is 24.8 Å². The summed E-state index contributed by atoms with van der Waals surface area (Å²) in [6.07, 6.45) is 4.48. The number of hydrogen-bond donors (Lipinski definition) is 1. The number of nitrogens with zero attached hydrogens (tertiary/aromatic N) is 1. The molecule has 4 nitrogen and oxygen atoms in total. The van der Waals surface area contributed by atoms with Gasteiger partial charge in [0, 0.05) is 13.6 Å². The van der Waals surface area contributed by atoms with Gasteiger partial charge in [-0.2, -0.15) is 0 Å². The van der Waals surface area contributed by atoms with E-state index >= 15 is 0 Å². The standard InChI is InChI=1S/C16H26N2OS.C2H4O/c1-6-9-14(19-11-10-18(7-2)8-3)16-13(4)12-15(17-5)20-16;1-2-3/h6,9,12,17H,1,7-8,10-11H2,2-5H3;2H,1H3/b14-9+;. The van der Waals surface area contributed by atoms with Crippen molar-refractivity contribution in [1.82, 2.24) is 4.90 Å². The van der Waals surface area contributed by atoms with E-state index in [2.05, 4.69) is 43.6 Å². The van der Waals surface area contributed by atoms with Gasteiger partial charge in [-0.3, -0.25) is 0 Å². The van der Waals surface area contributed by atoms with Crippen molar-refractivity contribution in [2.75, 3.05) is 38.6 Å². The van der Waals surface area contributed by atoms with Gasteiger partial charge in [0.15, 0.2) is 0 Å². The predicted octanol–water partition coefficient (Wildman–Crippen LogP) is 4.19. The van der Waals surface area contributed by atoms with E-state index in [4.69, 9.17) is 9.53 Å². The molecule has 0 saturated carbocycles. The minimum atomic E-state index is 0.702. The molecule has 0 saturated heterocycles. The highest BCUT2D eigenvalue weighted by molar-refractivity contribution is 7.17. The van der Waals surface area contributed by atoms with Crippen LogP contribution in [0.4, 0.5) is 5.00 Å². The summed E-state index contributed by atoms with van der Waals surface area (Å²) >= 11 is 1.71. The van der Waals surface area contributed by atoms with Crippen molar-refractivity contribution in [3.63, 3.8) is 0 Å². The van der Waals surface area contributed by atoms with Crippen LogP contribution in [0.1, 0.15) is 31.2 Å². The first-order valence-electron chi connectivity index (χ1n) is 7.93. The maximum absolute atomic E-state index is 8.81. The highest BCUT2D eigenvalue weighted by Crippen LogP contribution is 2.32. The van der Waals surface area contributed by atoms with Gasteiger partial charge in [-0.05, 0) is 44.6 Å². The molecule has 0 aliphatic heterocycles. The number of allylic oxidation sites excluding steroid dienone is 2. The Labute approximate surface area is 144 Å². The molecule has 0 aliphatic rings. The Morgan fingerprint density at radius 3 is 2.48 bits per heavy atom. The van der Waals surface area contributed by atoms with Crippen molar-refractivity contribution in [1.29, 1.82) is 0 Å². The zero-order chi connectivity index (χ0) is 17.7. The molecule has 0 unspecified atom stereocenters. The molecule has 23 heavy (non-hydrogen) atoms. The second-order valence-electron chi connectivity index (χ2n) is 4.75. The average Bonchev–Trinajstić information content (AvgIpc) is 2.92. The van der Waals surface area contributed by atoms with E-state index in [1.165, 1.54) is 17.4 Å². The zero-order valence-electron chi connectivity index (χ0n) is 15.0. The van der Waals surface area contributed by atoms with E-state index < -0.39 is 0 Å². The number of ether oxygens (including phenoxy) is 1. The van der Waals surface area contributed by atoms with Crippen LogP contribution in [0, 0.1) is 6.92 Å². The molecule has 1 heterocycles. The number of likely N-dealkylation sites (N-methyl/N-ethyl adjacent to an activating group) is 1. The fourth-order valence-electron chi connectivity index (χ4n) is 1.97. The average molecular weight is 339 g/mol. The lowest BCUT2D eigenvalue weighted by Crippen LogP contribution is -2.26. The number of carbonyl (C=O) groups excluding carboxylic acids is 1. The minimum Gasteiger partial charge on any atom is -0.491 e. The first kappa shape index (κ1) is 21.4. The third-order valence-electron chi connectivity index (χ3n) is 3.22. The number of aryl methyl sites for hydroxylation is 1. The third kappa shape index (κ3) is 8.00. The highest BCUT2D eigenvalue weighted by Gasteiger charge is 2.11. The third-order valence-corrected chi connectivity index (χ3v) is 4.49. The number of thiophene rings is 1. The quantitative estimate of drug-likeness (QED) is 0.416. The van der Waals surface area contributed by atoms with E-state index in [1.807, 2.05) is 13.1 Å². The molecule has 5 heteroatoms. The molecule has 0 radical (unpaired) electrons. The Balaban J connectivity index is 0.00000149. The first-order valence-corrected chi connectivity index (χ1v) is 8.75. The second-order valence-corrected chi connectivity index (χ2v) is 5.80. The number of aldehydes is 1. The van der Waals surface area contributed by atoms with Crippen LogP contribution in [0.5, 0.6) is 0 Å². The van der Waals surface area contributed by atoms with E-state index in [0.717, 1.165) is 36.7 Å². The SMILES string of the molecule is C=C/C=C(/OCCN(CC)CC)c1sc(NC)cc1C.CC=O. The minimum absolute atomic E-state index is 0.702. The van der Waals surface area contributed by atoms with Crippen LogP contribution in [0.2, 0.25) is 0 Å². The molecule has 0 atom stereocenters. The predicted molar refractivity (Wildman–Crippen MR) is 102 cm³/mol. The lowest BCUT2D eigenvalue weighted by Gasteiger charge is -2.18. The molecule has 0 aliphatic carbocycles. The normalized spacial score (nSPS) is 10.8. The molecule has 1 rings (SSSR count). The van der Waals surface area contributed by atoms with E-state index in [1.54, 1.807) is 17.4 Å². The maximum Gasteiger partial charge on any atom is 0.136 e. The highest BCUT2D eigenvalue weighted by atomic mass is 32.1. The van der Waals surface area contributed by atoms with Crippen LogP contribution in [0.25, 0.3) is 5.76 Å². The van der Waals surface area contributed by atoms with Crippen LogP contribution in [-0.2, 0) is 9.53 Å². The molecule has 0 spiro atoms.